The zero-order valence-electron chi connectivity index (χ0n) is 10.7. The van der Waals surface area contributed by atoms with E-state index in [1.54, 1.807) is 26.0 Å². The Bertz CT molecular complexity index is 373. The summed E-state index contributed by atoms with van der Waals surface area (Å²) in [5, 5.41) is 9.61. The summed E-state index contributed by atoms with van der Waals surface area (Å²) in [6.45, 7) is 6.12. The van der Waals surface area contributed by atoms with Crippen LogP contribution >= 0.6 is 0 Å². The van der Waals surface area contributed by atoms with E-state index in [0.717, 1.165) is 19.3 Å². The fourth-order valence-electron chi connectivity index (χ4n) is 1.67. The monoisotopic (exact) mass is 236 g/mol. The maximum atomic E-state index is 11.7. The Kier molecular flexibility index (Phi) is 5.01. The van der Waals surface area contributed by atoms with Crippen molar-refractivity contribution in [2.75, 3.05) is 6.61 Å². The predicted octanol–water partition coefficient (Wildman–Crippen LogP) is 3.36. The molecule has 0 spiro atoms. The van der Waals surface area contributed by atoms with Crippen molar-refractivity contribution in [3.8, 4) is 5.75 Å². The first-order valence-corrected chi connectivity index (χ1v) is 6.03. The fraction of sp³-hybridized carbons (Fsp3) is 0.500. The molecule has 17 heavy (non-hydrogen) atoms. The number of unbranched alkanes of at least 4 members (excludes halogenated alkanes) is 2. The Balaban J connectivity index is 2.63. The van der Waals surface area contributed by atoms with Crippen molar-refractivity contribution < 1.29 is 14.6 Å². The topological polar surface area (TPSA) is 46.5 Å². The Hall–Kier alpha value is -1.51. The quantitative estimate of drug-likeness (QED) is 0.630. The molecule has 0 heterocycles. The van der Waals surface area contributed by atoms with Crippen LogP contribution in [-0.4, -0.2) is 17.7 Å². The number of carbonyl (C=O) groups is 1. The summed E-state index contributed by atoms with van der Waals surface area (Å²) in [4.78, 5) is 11.7. The number of benzene rings is 1. The average Bonchev–Trinajstić information content (AvgIpc) is 2.30. The molecule has 0 fully saturated rings. The zero-order chi connectivity index (χ0) is 12.8. The molecular weight excluding hydrogens is 216 g/mol. The van der Waals surface area contributed by atoms with E-state index in [2.05, 4.69) is 6.92 Å². The lowest BCUT2D eigenvalue weighted by Gasteiger charge is -2.08. The van der Waals surface area contributed by atoms with Gasteiger partial charge in [-0.2, -0.15) is 0 Å². The van der Waals surface area contributed by atoms with Gasteiger partial charge in [-0.1, -0.05) is 19.8 Å². The number of ether oxygens (including phenoxy) is 1. The molecule has 1 aromatic carbocycles. The summed E-state index contributed by atoms with van der Waals surface area (Å²) >= 11 is 0. The lowest BCUT2D eigenvalue weighted by Crippen LogP contribution is -2.07. The van der Waals surface area contributed by atoms with Gasteiger partial charge in [0, 0.05) is 0 Å². The van der Waals surface area contributed by atoms with Gasteiger partial charge in [-0.05, 0) is 43.5 Å². The summed E-state index contributed by atoms with van der Waals surface area (Å²) in [6, 6.07) is 3.31. The number of hydrogen-bond acceptors (Lipinski definition) is 3. The standard InChI is InChI=1S/C14H20O3/c1-4-5-6-7-17-14(16)12-8-10(2)13(15)11(3)9-12/h8-9,15H,4-7H2,1-3H3. The van der Waals surface area contributed by atoms with Gasteiger partial charge in [0.05, 0.1) is 12.2 Å². The van der Waals surface area contributed by atoms with Gasteiger partial charge in [0.2, 0.25) is 0 Å². The van der Waals surface area contributed by atoms with Gasteiger partial charge in [-0.3, -0.25) is 0 Å². The molecule has 1 rings (SSSR count). The zero-order valence-corrected chi connectivity index (χ0v) is 10.7. The molecule has 1 aromatic rings. The van der Waals surface area contributed by atoms with Crippen LogP contribution in [0.1, 0.15) is 47.7 Å². The number of aryl methyl sites for hydroxylation is 2. The molecule has 0 amide bonds. The molecular formula is C14H20O3. The van der Waals surface area contributed by atoms with Gasteiger partial charge in [0.25, 0.3) is 0 Å². The maximum Gasteiger partial charge on any atom is 0.338 e. The van der Waals surface area contributed by atoms with Gasteiger partial charge in [-0.25, -0.2) is 4.79 Å². The van der Waals surface area contributed by atoms with Gasteiger partial charge in [-0.15, -0.1) is 0 Å². The van der Waals surface area contributed by atoms with Crippen LogP contribution < -0.4 is 0 Å². The maximum absolute atomic E-state index is 11.7. The summed E-state index contributed by atoms with van der Waals surface area (Å²) in [5.41, 5.74) is 1.91. The van der Waals surface area contributed by atoms with E-state index in [9.17, 15) is 9.90 Å². The second-order valence-electron chi connectivity index (χ2n) is 4.30. The second kappa shape index (κ2) is 6.28. The fourth-order valence-corrected chi connectivity index (χ4v) is 1.67. The van der Waals surface area contributed by atoms with Crippen molar-refractivity contribution in [2.24, 2.45) is 0 Å². The molecule has 0 radical (unpaired) electrons. The highest BCUT2D eigenvalue weighted by atomic mass is 16.5. The van der Waals surface area contributed by atoms with Crippen LogP contribution in [0.2, 0.25) is 0 Å². The number of rotatable bonds is 5. The van der Waals surface area contributed by atoms with Gasteiger partial charge < -0.3 is 9.84 Å². The first-order chi connectivity index (χ1) is 8.06. The molecule has 0 aliphatic heterocycles. The Morgan fingerprint density at radius 1 is 1.24 bits per heavy atom. The van der Waals surface area contributed by atoms with Crippen molar-refractivity contribution in [1.29, 1.82) is 0 Å². The number of hydrogen-bond donors (Lipinski definition) is 1. The highest BCUT2D eigenvalue weighted by Crippen LogP contribution is 2.23. The molecule has 0 unspecified atom stereocenters. The Morgan fingerprint density at radius 2 is 1.82 bits per heavy atom. The van der Waals surface area contributed by atoms with Crippen molar-refractivity contribution in [1.82, 2.24) is 0 Å². The number of aromatic hydroxyl groups is 1. The van der Waals surface area contributed by atoms with E-state index in [4.69, 9.17) is 4.74 Å². The molecule has 1 N–H and O–H groups in total. The average molecular weight is 236 g/mol. The molecule has 3 nitrogen and oxygen atoms in total. The highest BCUT2D eigenvalue weighted by Gasteiger charge is 2.11. The van der Waals surface area contributed by atoms with E-state index in [1.165, 1.54) is 0 Å². The molecule has 94 valence electrons. The van der Waals surface area contributed by atoms with Crippen LogP contribution in [0.5, 0.6) is 5.75 Å². The highest BCUT2D eigenvalue weighted by molar-refractivity contribution is 5.90. The second-order valence-corrected chi connectivity index (χ2v) is 4.30. The number of phenolic OH excluding ortho intramolecular Hbond substituents is 1. The Labute approximate surface area is 102 Å². The molecule has 0 aliphatic carbocycles. The smallest absolute Gasteiger partial charge is 0.338 e. The first kappa shape index (κ1) is 13.6. The van der Waals surface area contributed by atoms with Crippen LogP contribution in [0.3, 0.4) is 0 Å². The molecule has 0 bridgehead atoms. The third-order valence-corrected chi connectivity index (χ3v) is 2.71. The van der Waals surface area contributed by atoms with E-state index >= 15 is 0 Å². The van der Waals surface area contributed by atoms with E-state index in [1.807, 2.05) is 0 Å². The summed E-state index contributed by atoms with van der Waals surface area (Å²) in [5.74, 6) is -0.0696. The predicted molar refractivity (Wildman–Crippen MR) is 67.4 cm³/mol. The third-order valence-electron chi connectivity index (χ3n) is 2.71. The van der Waals surface area contributed by atoms with Crippen molar-refractivity contribution in [3.05, 3.63) is 28.8 Å². The SMILES string of the molecule is CCCCCOC(=O)c1cc(C)c(O)c(C)c1. The molecule has 0 saturated heterocycles. The Morgan fingerprint density at radius 3 is 2.35 bits per heavy atom. The van der Waals surface area contributed by atoms with Crippen LogP contribution in [0.4, 0.5) is 0 Å². The molecule has 3 heteroatoms. The number of phenols is 1. The van der Waals surface area contributed by atoms with Gasteiger partial charge >= 0.3 is 5.97 Å². The number of carbonyl (C=O) groups excluding carboxylic acids is 1. The number of esters is 1. The van der Waals surface area contributed by atoms with Crippen molar-refractivity contribution in [2.45, 2.75) is 40.0 Å². The van der Waals surface area contributed by atoms with Crippen LogP contribution in [0, 0.1) is 13.8 Å². The first-order valence-electron chi connectivity index (χ1n) is 6.03. The van der Waals surface area contributed by atoms with E-state index < -0.39 is 0 Å². The molecule has 0 atom stereocenters. The normalized spacial score (nSPS) is 10.3. The van der Waals surface area contributed by atoms with Gasteiger partial charge in [0.1, 0.15) is 5.75 Å². The third kappa shape index (κ3) is 3.77. The van der Waals surface area contributed by atoms with Crippen LogP contribution in [0.15, 0.2) is 12.1 Å². The van der Waals surface area contributed by atoms with Crippen LogP contribution in [-0.2, 0) is 4.74 Å². The molecule has 0 aliphatic rings. The van der Waals surface area contributed by atoms with E-state index in [-0.39, 0.29) is 11.7 Å². The van der Waals surface area contributed by atoms with Crippen molar-refractivity contribution >= 4 is 5.97 Å². The minimum atomic E-state index is -0.313. The summed E-state index contributed by atoms with van der Waals surface area (Å²) in [7, 11) is 0. The molecule has 0 saturated carbocycles. The summed E-state index contributed by atoms with van der Waals surface area (Å²) < 4.78 is 5.16. The van der Waals surface area contributed by atoms with Gasteiger partial charge in [0.15, 0.2) is 0 Å². The van der Waals surface area contributed by atoms with Crippen molar-refractivity contribution in [3.63, 3.8) is 0 Å². The summed E-state index contributed by atoms with van der Waals surface area (Å²) in [6.07, 6.45) is 3.08. The molecule has 0 aromatic heterocycles. The largest absolute Gasteiger partial charge is 0.507 e. The lowest BCUT2D eigenvalue weighted by molar-refractivity contribution is 0.0498. The van der Waals surface area contributed by atoms with E-state index in [0.29, 0.717) is 23.3 Å². The minimum absolute atomic E-state index is 0.243. The van der Waals surface area contributed by atoms with Crippen LogP contribution in [0.25, 0.3) is 0 Å². The minimum Gasteiger partial charge on any atom is -0.507 e. The lowest BCUT2D eigenvalue weighted by atomic mass is 10.1.